The maximum Gasteiger partial charge on any atom is 0.337 e. The lowest BCUT2D eigenvalue weighted by molar-refractivity contribution is -0.113. The molecule has 0 fully saturated rings. The highest BCUT2D eigenvalue weighted by Gasteiger charge is 2.20. The molecule has 7 heteroatoms. The van der Waals surface area contributed by atoms with E-state index < -0.39 is 11.8 Å². The third kappa shape index (κ3) is 4.01. The molecule has 0 aliphatic heterocycles. The van der Waals surface area contributed by atoms with E-state index in [-0.39, 0.29) is 38.6 Å². The maximum atomic E-state index is 12.8. The Bertz CT molecular complexity index is 807. The fourth-order valence-corrected chi connectivity index (χ4v) is 2.42. The van der Waals surface area contributed by atoms with Crippen molar-refractivity contribution < 1.29 is 19.1 Å². The molecule has 24 heavy (non-hydrogen) atoms. The van der Waals surface area contributed by atoms with Crippen molar-refractivity contribution in [2.45, 2.75) is 0 Å². The minimum Gasteiger partial charge on any atom is -0.465 e. The number of methoxy groups -OCH3 is 1. The highest BCUT2D eigenvalue weighted by molar-refractivity contribution is 9.09. The van der Waals surface area contributed by atoms with Gasteiger partial charge < -0.3 is 10.1 Å². The number of amides is 1. The summed E-state index contributed by atoms with van der Waals surface area (Å²) in [7, 11) is 1.25. The van der Waals surface area contributed by atoms with Gasteiger partial charge >= 0.3 is 5.97 Å². The van der Waals surface area contributed by atoms with Crippen molar-refractivity contribution in [3.05, 3.63) is 64.2 Å². The van der Waals surface area contributed by atoms with Crippen molar-refractivity contribution in [1.82, 2.24) is 0 Å². The number of rotatable bonds is 5. The summed E-state index contributed by atoms with van der Waals surface area (Å²) < 4.78 is 4.67. The largest absolute Gasteiger partial charge is 0.465 e. The Hall–Kier alpha value is -2.18. The first-order chi connectivity index (χ1) is 11.5. The number of carbonyl (C=O) groups is 3. The summed E-state index contributed by atoms with van der Waals surface area (Å²) in [4.78, 5) is 36.2. The zero-order chi connectivity index (χ0) is 17.7. The molecule has 0 aliphatic carbocycles. The van der Waals surface area contributed by atoms with Crippen LogP contribution in [0.3, 0.4) is 0 Å². The number of hydrogen-bond acceptors (Lipinski definition) is 4. The van der Waals surface area contributed by atoms with Gasteiger partial charge in [-0.3, -0.25) is 9.59 Å². The summed E-state index contributed by atoms with van der Waals surface area (Å²) in [5.74, 6) is -1.31. The summed E-state index contributed by atoms with van der Waals surface area (Å²) in [6.07, 6.45) is 0. The van der Waals surface area contributed by atoms with E-state index in [9.17, 15) is 14.4 Å². The molecular formula is C17H13BrClNO4. The molecule has 0 aliphatic rings. The number of anilines is 1. The topological polar surface area (TPSA) is 72.5 Å². The molecule has 2 aromatic rings. The molecule has 1 N–H and O–H groups in total. The highest BCUT2D eigenvalue weighted by atomic mass is 79.9. The first-order valence-electron chi connectivity index (χ1n) is 6.85. The lowest BCUT2D eigenvalue weighted by atomic mass is 9.99. The fourth-order valence-electron chi connectivity index (χ4n) is 2.06. The van der Waals surface area contributed by atoms with Crippen LogP contribution in [0.15, 0.2) is 42.5 Å². The molecule has 5 nitrogen and oxygen atoms in total. The number of hydrogen-bond donors (Lipinski definition) is 1. The Kier molecular flexibility index (Phi) is 6.11. The number of carbonyl (C=O) groups excluding carboxylic acids is 3. The Morgan fingerprint density at radius 2 is 1.83 bits per heavy atom. The Balaban J connectivity index is 2.54. The van der Waals surface area contributed by atoms with Gasteiger partial charge in [0.25, 0.3) is 0 Å². The first kappa shape index (κ1) is 18.2. The molecule has 0 saturated heterocycles. The lowest BCUT2D eigenvalue weighted by Gasteiger charge is -2.12. The second-order valence-corrected chi connectivity index (χ2v) is 5.71. The van der Waals surface area contributed by atoms with E-state index in [2.05, 4.69) is 26.0 Å². The summed E-state index contributed by atoms with van der Waals surface area (Å²) in [5.41, 5.74) is 0.914. The predicted molar refractivity (Wildman–Crippen MR) is 95.1 cm³/mol. The maximum absolute atomic E-state index is 12.8. The van der Waals surface area contributed by atoms with Crippen molar-refractivity contribution in [1.29, 1.82) is 0 Å². The van der Waals surface area contributed by atoms with Gasteiger partial charge in [-0.25, -0.2) is 4.79 Å². The third-order valence-corrected chi connectivity index (χ3v) is 4.04. The molecular weight excluding hydrogens is 398 g/mol. The van der Waals surface area contributed by atoms with Crippen molar-refractivity contribution >= 4 is 50.9 Å². The standard InChI is InChI=1S/C17H13BrClNO4/c1-24-17(23)10-6-7-14(20-15(21)9-18)12(8-10)16(22)11-4-2-3-5-13(11)19/h2-8H,9H2,1H3,(H,20,21). The van der Waals surface area contributed by atoms with Gasteiger partial charge in [0.1, 0.15) is 0 Å². The summed E-state index contributed by atoms with van der Waals surface area (Å²) >= 11 is 9.12. The van der Waals surface area contributed by atoms with Crippen molar-refractivity contribution in [2.24, 2.45) is 0 Å². The number of halogens is 2. The quantitative estimate of drug-likeness (QED) is 0.463. The zero-order valence-electron chi connectivity index (χ0n) is 12.6. The van der Waals surface area contributed by atoms with Crippen LogP contribution >= 0.6 is 27.5 Å². The smallest absolute Gasteiger partial charge is 0.337 e. The molecule has 0 unspecified atom stereocenters. The van der Waals surface area contributed by atoms with Crippen LogP contribution in [-0.2, 0) is 9.53 Å². The van der Waals surface area contributed by atoms with E-state index in [1.54, 1.807) is 24.3 Å². The summed E-state index contributed by atoms with van der Waals surface area (Å²) in [6.45, 7) is 0. The zero-order valence-corrected chi connectivity index (χ0v) is 15.0. The first-order valence-corrected chi connectivity index (χ1v) is 8.35. The van der Waals surface area contributed by atoms with Gasteiger partial charge in [0, 0.05) is 11.1 Å². The van der Waals surface area contributed by atoms with Gasteiger partial charge in [-0.15, -0.1) is 0 Å². The third-order valence-electron chi connectivity index (χ3n) is 3.20. The Morgan fingerprint density at radius 3 is 2.46 bits per heavy atom. The summed E-state index contributed by atoms with van der Waals surface area (Å²) in [5, 5.41) is 2.97. The molecule has 0 saturated carbocycles. The normalized spacial score (nSPS) is 10.1. The molecule has 2 rings (SSSR count). The van der Waals surface area contributed by atoms with E-state index in [1.807, 2.05) is 0 Å². The lowest BCUT2D eigenvalue weighted by Crippen LogP contribution is -2.17. The second kappa shape index (κ2) is 8.08. The second-order valence-electron chi connectivity index (χ2n) is 4.74. The van der Waals surface area contributed by atoms with Crippen LogP contribution in [0.25, 0.3) is 0 Å². The van der Waals surface area contributed by atoms with Gasteiger partial charge in [0.15, 0.2) is 5.78 Å². The predicted octanol–water partition coefficient (Wildman–Crippen LogP) is 3.69. The SMILES string of the molecule is COC(=O)c1ccc(NC(=O)CBr)c(C(=O)c2ccccc2Cl)c1. The van der Waals surface area contributed by atoms with Gasteiger partial charge in [-0.1, -0.05) is 39.7 Å². The van der Waals surface area contributed by atoms with E-state index in [0.717, 1.165) is 0 Å². The van der Waals surface area contributed by atoms with Crippen LogP contribution in [0.2, 0.25) is 5.02 Å². The molecule has 0 radical (unpaired) electrons. The molecule has 0 aromatic heterocycles. The van der Waals surface area contributed by atoms with E-state index in [0.29, 0.717) is 0 Å². The van der Waals surface area contributed by atoms with Crippen molar-refractivity contribution in [2.75, 3.05) is 17.8 Å². The number of nitrogens with one attached hydrogen (secondary N) is 1. The van der Waals surface area contributed by atoms with E-state index >= 15 is 0 Å². The molecule has 0 heterocycles. The van der Waals surface area contributed by atoms with Crippen LogP contribution in [0.1, 0.15) is 26.3 Å². The minimum absolute atomic E-state index is 0.0749. The van der Waals surface area contributed by atoms with Gasteiger partial charge in [-0.2, -0.15) is 0 Å². The van der Waals surface area contributed by atoms with Crippen LogP contribution in [0.5, 0.6) is 0 Å². The number of benzene rings is 2. The average molecular weight is 411 g/mol. The Morgan fingerprint density at radius 1 is 1.12 bits per heavy atom. The fraction of sp³-hybridized carbons (Fsp3) is 0.118. The van der Waals surface area contributed by atoms with Gasteiger partial charge in [0.2, 0.25) is 5.91 Å². The number of ether oxygens (including phenoxy) is 1. The molecule has 1 amide bonds. The van der Waals surface area contributed by atoms with E-state index in [1.165, 1.54) is 25.3 Å². The summed E-state index contributed by atoms with van der Waals surface area (Å²) in [6, 6.07) is 10.9. The minimum atomic E-state index is -0.582. The Labute approximate surface area is 152 Å². The molecule has 0 bridgehead atoms. The molecule has 0 spiro atoms. The molecule has 124 valence electrons. The number of ketones is 1. The number of alkyl halides is 1. The van der Waals surface area contributed by atoms with Crippen LogP contribution in [0.4, 0.5) is 5.69 Å². The van der Waals surface area contributed by atoms with Gasteiger partial charge in [0.05, 0.1) is 28.7 Å². The molecule has 2 aromatic carbocycles. The van der Waals surface area contributed by atoms with Crippen LogP contribution < -0.4 is 5.32 Å². The number of esters is 1. The van der Waals surface area contributed by atoms with Gasteiger partial charge in [-0.05, 0) is 30.3 Å². The van der Waals surface area contributed by atoms with Crippen molar-refractivity contribution in [3.8, 4) is 0 Å². The van der Waals surface area contributed by atoms with E-state index in [4.69, 9.17) is 11.6 Å². The molecule has 0 atom stereocenters. The van der Waals surface area contributed by atoms with Crippen molar-refractivity contribution in [3.63, 3.8) is 0 Å². The van der Waals surface area contributed by atoms with Crippen LogP contribution in [-0.4, -0.2) is 30.1 Å². The highest BCUT2D eigenvalue weighted by Crippen LogP contribution is 2.25. The monoisotopic (exact) mass is 409 g/mol. The average Bonchev–Trinajstić information content (AvgIpc) is 2.61. The van der Waals surface area contributed by atoms with Crippen LogP contribution in [0, 0.1) is 0 Å².